The van der Waals surface area contributed by atoms with E-state index in [0.717, 1.165) is 0 Å². The number of methoxy groups -OCH3 is 1. The summed E-state index contributed by atoms with van der Waals surface area (Å²) in [7, 11) is -0.190. The molecule has 0 amide bonds. The van der Waals surface area contributed by atoms with Crippen molar-refractivity contribution in [2.75, 3.05) is 7.11 Å². The van der Waals surface area contributed by atoms with Crippen molar-refractivity contribution >= 4 is 8.32 Å². The number of ether oxygens (including phenoxy) is 2. The van der Waals surface area contributed by atoms with Crippen LogP contribution in [0, 0.1) is 0 Å². The normalized spacial score (nSPS) is 29.5. The smallest absolute Gasteiger partial charge is 0.192 e. The Kier molecular flexibility index (Phi) is 5.98. The third kappa shape index (κ3) is 4.67. The summed E-state index contributed by atoms with van der Waals surface area (Å²) in [6.07, 6.45) is 2.96. The van der Waals surface area contributed by atoms with Crippen LogP contribution in [0.2, 0.25) is 18.1 Å². The molecular weight excluding hydrogens is 272 g/mol. The third-order valence-electron chi connectivity index (χ3n) is 4.25. The van der Waals surface area contributed by atoms with Crippen molar-refractivity contribution in [3.63, 3.8) is 0 Å². The first kappa shape index (κ1) is 17.8. The fraction of sp³-hybridized carbons (Fsp3) is 0.867. The van der Waals surface area contributed by atoms with Gasteiger partial charge in [0.2, 0.25) is 0 Å². The van der Waals surface area contributed by atoms with Crippen LogP contribution in [-0.2, 0) is 13.9 Å². The van der Waals surface area contributed by atoms with Crippen molar-refractivity contribution < 1.29 is 19.0 Å². The lowest BCUT2D eigenvalue weighted by atomic mass is 10.1. The third-order valence-corrected chi connectivity index (χ3v) is 8.86. The van der Waals surface area contributed by atoms with Crippen LogP contribution in [-0.4, -0.2) is 45.1 Å². The predicted octanol–water partition coefficient (Wildman–Crippen LogP) is 3.08. The summed E-state index contributed by atoms with van der Waals surface area (Å²) in [6, 6.07) is 0. The SMILES string of the molecule is COC1C=C[C@H](O)[C@H](C[C@@H](C)O[Si](C)(C)C(C)(C)C)O1. The van der Waals surface area contributed by atoms with E-state index in [1.165, 1.54) is 0 Å². The molecule has 0 aromatic carbocycles. The summed E-state index contributed by atoms with van der Waals surface area (Å²) < 4.78 is 17.2. The number of aliphatic hydroxyl groups is 1. The highest BCUT2D eigenvalue weighted by Crippen LogP contribution is 2.37. The molecule has 0 saturated heterocycles. The molecule has 20 heavy (non-hydrogen) atoms. The fourth-order valence-electron chi connectivity index (χ4n) is 2.01. The maximum atomic E-state index is 9.98. The maximum absolute atomic E-state index is 9.98. The van der Waals surface area contributed by atoms with Crippen LogP contribution < -0.4 is 0 Å². The number of aliphatic hydroxyl groups excluding tert-OH is 1. The quantitative estimate of drug-likeness (QED) is 0.626. The van der Waals surface area contributed by atoms with E-state index in [0.29, 0.717) is 6.42 Å². The summed E-state index contributed by atoms with van der Waals surface area (Å²) in [5, 5.41) is 10.2. The van der Waals surface area contributed by atoms with Crippen LogP contribution in [0.5, 0.6) is 0 Å². The van der Waals surface area contributed by atoms with Crippen LogP contribution >= 0.6 is 0 Å². The van der Waals surface area contributed by atoms with Gasteiger partial charge >= 0.3 is 0 Å². The van der Waals surface area contributed by atoms with Crippen molar-refractivity contribution in [3.05, 3.63) is 12.2 Å². The van der Waals surface area contributed by atoms with Crippen LogP contribution in [0.3, 0.4) is 0 Å². The Hall–Kier alpha value is -0.203. The van der Waals surface area contributed by atoms with Crippen molar-refractivity contribution in [1.29, 1.82) is 0 Å². The summed E-state index contributed by atoms with van der Waals surface area (Å²) in [4.78, 5) is 0. The van der Waals surface area contributed by atoms with Gasteiger partial charge < -0.3 is 19.0 Å². The molecule has 0 aliphatic carbocycles. The number of rotatable bonds is 5. The average Bonchev–Trinajstić information content (AvgIpc) is 2.29. The molecule has 0 fully saturated rings. The van der Waals surface area contributed by atoms with Crippen molar-refractivity contribution in [1.82, 2.24) is 0 Å². The highest BCUT2D eigenvalue weighted by molar-refractivity contribution is 6.74. The molecule has 0 saturated carbocycles. The zero-order chi connectivity index (χ0) is 15.6. The minimum absolute atomic E-state index is 0.0551. The fourth-order valence-corrected chi connectivity index (χ4v) is 3.47. The highest BCUT2D eigenvalue weighted by atomic mass is 28.4. The largest absolute Gasteiger partial charge is 0.414 e. The Bertz CT molecular complexity index is 335. The number of hydrogen-bond donors (Lipinski definition) is 1. The first-order chi connectivity index (χ1) is 9.06. The van der Waals surface area contributed by atoms with Crippen LogP contribution in [0.1, 0.15) is 34.1 Å². The van der Waals surface area contributed by atoms with Gasteiger partial charge in [0.05, 0.1) is 12.2 Å². The summed E-state index contributed by atoms with van der Waals surface area (Å²) in [5.41, 5.74) is 0. The van der Waals surface area contributed by atoms with Crippen LogP contribution in [0.15, 0.2) is 12.2 Å². The van der Waals surface area contributed by atoms with E-state index < -0.39 is 14.4 Å². The minimum Gasteiger partial charge on any atom is -0.414 e. The lowest BCUT2D eigenvalue weighted by molar-refractivity contribution is -0.164. The topological polar surface area (TPSA) is 47.9 Å². The van der Waals surface area contributed by atoms with Gasteiger partial charge in [-0.1, -0.05) is 26.8 Å². The second-order valence-electron chi connectivity index (χ2n) is 7.08. The lowest BCUT2D eigenvalue weighted by Gasteiger charge is -2.39. The first-order valence-electron chi connectivity index (χ1n) is 7.29. The van der Waals surface area contributed by atoms with E-state index in [9.17, 15) is 5.11 Å². The van der Waals surface area contributed by atoms with Crippen molar-refractivity contribution in [3.8, 4) is 0 Å². The Morgan fingerprint density at radius 2 is 1.90 bits per heavy atom. The molecule has 4 atom stereocenters. The van der Waals surface area contributed by atoms with Gasteiger partial charge in [0.25, 0.3) is 0 Å². The molecule has 1 heterocycles. The lowest BCUT2D eigenvalue weighted by Crippen LogP contribution is -2.45. The van der Waals surface area contributed by atoms with Gasteiger partial charge in [0, 0.05) is 19.6 Å². The molecule has 1 unspecified atom stereocenters. The predicted molar refractivity (Wildman–Crippen MR) is 83.2 cm³/mol. The maximum Gasteiger partial charge on any atom is 0.192 e. The highest BCUT2D eigenvalue weighted by Gasteiger charge is 2.39. The van der Waals surface area contributed by atoms with E-state index >= 15 is 0 Å². The molecule has 1 aliphatic heterocycles. The second kappa shape index (κ2) is 6.71. The molecular formula is C15H30O4Si. The summed E-state index contributed by atoms with van der Waals surface area (Å²) in [6.45, 7) is 13.2. The monoisotopic (exact) mass is 302 g/mol. The molecule has 1 N–H and O–H groups in total. The molecule has 0 aromatic rings. The average molecular weight is 302 g/mol. The van der Waals surface area contributed by atoms with E-state index in [-0.39, 0.29) is 23.5 Å². The molecule has 0 spiro atoms. The van der Waals surface area contributed by atoms with Gasteiger partial charge in [0.15, 0.2) is 14.6 Å². The molecule has 5 heteroatoms. The summed E-state index contributed by atoms with van der Waals surface area (Å²) >= 11 is 0. The Morgan fingerprint density at radius 3 is 2.40 bits per heavy atom. The standard InChI is InChI=1S/C15H30O4Si/c1-11(19-20(6,7)15(2,3)4)10-13-12(16)8-9-14(17-5)18-13/h8-9,11-14,16H,10H2,1-7H3/t11-,12+,13+,14?/m1/s1. The van der Waals surface area contributed by atoms with Gasteiger partial charge in [-0.25, -0.2) is 0 Å². The molecule has 0 aromatic heterocycles. The van der Waals surface area contributed by atoms with Crippen molar-refractivity contribution in [2.45, 2.75) is 76.8 Å². The first-order valence-corrected chi connectivity index (χ1v) is 10.2. The molecule has 0 radical (unpaired) electrons. The molecule has 4 nitrogen and oxygen atoms in total. The van der Waals surface area contributed by atoms with E-state index in [1.54, 1.807) is 19.3 Å². The molecule has 0 bridgehead atoms. The molecule has 1 aliphatic rings. The van der Waals surface area contributed by atoms with Crippen molar-refractivity contribution in [2.24, 2.45) is 0 Å². The second-order valence-corrected chi connectivity index (χ2v) is 11.8. The molecule has 118 valence electrons. The van der Waals surface area contributed by atoms with Crippen LogP contribution in [0.4, 0.5) is 0 Å². The number of hydrogen-bond acceptors (Lipinski definition) is 4. The van der Waals surface area contributed by atoms with Gasteiger partial charge in [0.1, 0.15) is 0 Å². The van der Waals surface area contributed by atoms with Gasteiger partial charge in [-0.15, -0.1) is 0 Å². The Labute approximate surface area is 124 Å². The summed E-state index contributed by atoms with van der Waals surface area (Å²) in [5.74, 6) is 0. The zero-order valence-electron chi connectivity index (χ0n) is 13.8. The zero-order valence-corrected chi connectivity index (χ0v) is 14.8. The van der Waals surface area contributed by atoms with E-state index in [1.807, 2.05) is 0 Å². The minimum atomic E-state index is -1.79. The Morgan fingerprint density at radius 1 is 1.30 bits per heavy atom. The Balaban J connectivity index is 2.58. The van der Waals surface area contributed by atoms with E-state index in [4.69, 9.17) is 13.9 Å². The van der Waals surface area contributed by atoms with E-state index in [2.05, 4.69) is 40.8 Å². The van der Waals surface area contributed by atoms with Gasteiger partial charge in [-0.2, -0.15) is 0 Å². The van der Waals surface area contributed by atoms with Gasteiger partial charge in [-0.05, 0) is 31.1 Å². The van der Waals surface area contributed by atoms with Crippen LogP contribution in [0.25, 0.3) is 0 Å². The molecule has 1 rings (SSSR count). The van der Waals surface area contributed by atoms with Gasteiger partial charge in [-0.3, -0.25) is 0 Å².